The summed E-state index contributed by atoms with van der Waals surface area (Å²) in [6.07, 6.45) is 6.11. The molecule has 1 saturated carbocycles. The fourth-order valence-electron chi connectivity index (χ4n) is 3.44. The SMILES string of the molecule is CCn1ccc2ccc(CNCC3(COC)CCC3)cc21. The normalized spacial score (nSPS) is 17.0. The molecule has 0 aliphatic heterocycles. The lowest BCUT2D eigenvalue weighted by atomic mass is 9.69. The van der Waals surface area contributed by atoms with E-state index >= 15 is 0 Å². The van der Waals surface area contributed by atoms with Crippen LogP contribution in [0.2, 0.25) is 0 Å². The maximum atomic E-state index is 5.39. The lowest BCUT2D eigenvalue weighted by molar-refractivity contribution is 0.0177. The number of aryl methyl sites for hydroxylation is 1. The number of methoxy groups -OCH3 is 1. The molecule has 1 aliphatic rings. The van der Waals surface area contributed by atoms with Crippen molar-refractivity contribution in [2.24, 2.45) is 5.41 Å². The van der Waals surface area contributed by atoms with E-state index in [-0.39, 0.29) is 0 Å². The lowest BCUT2D eigenvalue weighted by Crippen LogP contribution is -2.43. The van der Waals surface area contributed by atoms with Gasteiger partial charge in [0.15, 0.2) is 0 Å². The molecule has 1 aliphatic carbocycles. The van der Waals surface area contributed by atoms with Crippen molar-refractivity contribution in [2.45, 2.75) is 39.3 Å². The summed E-state index contributed by atoms with van der Waals surface area (Å²) in [5.41, 5.74) is 3.09. The van der Waals surface area contributed by atoms with Crippen LogP contribution in [0, 0.1) is 5.41 Å². The third kappa shape index (κ3) is 2.99. The molecule has 21 heavy (non-hydrogen) atoms. The summed E-state index contributed by atoms with van der Waals surface area (Å²) in [5, 5.41) is 4.96. The van der Waals surface area contributed by atoms with Crippen LogP contribution in [-0.2, 0) is 17.8 Å². The summed E-state index contributed by atoms with van der Waals surface area (Å²) in [7, 11) is 1.81. The molecule has 0 radical (unpaired) electrons. The van der Waals surface area contributed by atoms with Crippen LogP contribution in [0.3, 0.4) is 0 Å². The molecule has 2 aromatic rings. The van der Waals surface area contributed by atoms with Gasteiger partial charge in [-0.05, 0) is 42.8 Å². The number of rotatable bonds is 7. The topological polar surface area (TPSA) is 26.2 Å². The Bertz CT molecular complexity index is 598. The molecule has 0 atom stereocenters. The predicted octanol–water partition coefficient (Wildman–Crippen LogP) is 3.57. The highest BCUT2D eigenvalue weighted by molar-refractivity contribution is 5.80. The van der Waals surface area contributed by atoms with Crippen LogP contribution in [0.25, 0.3) is 10.9 Å². The molecule has 3 heteroatoms. The van der Waals surface area contributed by atoms with Gasteiger partial charge in [-0.2, -0.15) is 0 Å². The van der Waals surface area contributed by atoms with Crippen LogP contribution in [0.4, 0.5) is 0 Å². The molecule has 0 saturated heterocycles. The van der Waals surface area contributed by atoms with Gasteiger partial charge >= 0.3 is 0 Å². The number of aromatic nitrogens is 1. The standard InChI is InChI=1S/C18H26N2O/c1-3-20-10-7-16-6-5-15(11-17(16)20)12-19-13-18(14-21-2)8-4-9-18/h5-7,10-11,19H,3-4,8-9,12-14H2,1-2H3. The van der Waals surface area contributed by atoms with Crippen molar-refractivity contribution in [3.63, 3.8) is 0 Å². The van der Waals surface area contributed by atoms with Gasteiger partial charge in [0.25, 0.3) is 0 Å². The Morgan fingerprint density at radius 2 is 2.14 bits per heavy atom. The van der Waals surface area contributed by atoms with Crippen LogP contribution in [0.15, 0.2) is 30.5 Å². The zero-order valence-corrected chi connectivity index (χ0v) is 13.2. The maximum absolute atomic E-state index is 5.39. The Hall–Kier alpha value is -1.32. The molecule has 1 fully saturated rings. The van der Waals surface area contributed by atoms with Gasteiger partial charge in [-0.15, -0.1) is 0 Å². The van der Waals surface area contributed by atoms with E-state index in [9.17, 15) is 0 Å². The molecular formula is C18H26N2O. The second kappa shape index (κ2) is 6.20. The van der Waals surface area contributed by atoms with Crippen molar-refractivity contribution < 1.29 is 4.74 Å². The molecular weight excluding hydrogens is 260 g/mol. The minimum Gasteiger partial charge on any atom is -0.384 e. The molecule has 0 spiro atoms. The number of nitrogens with zero attached hydrogens (tertiary/aromatic N) is 1. The number of hydrogen-bond donors (Lipinski definition) is 1. The molecule has 3 nitrogen and oxygen atoms in total. The van der Waals surface area contributed by atoms with Crippen molar-refractivity contribution >= 4 is 10.9 Å². The first kappa shape index (κ1) is 14.6. The van der Waals surface area contributed by atoms with Crippen LogP contribution < -0.4 is 5.32 Å². The summed E-state index contributed by atoms with van der Waals surface area (Å²) in [5.74, 6) is 0. The van der Waals surface area contributed by atoms with Gasteiger partial charge < -0.3 is 14.6 Å². The average molecular weight is 286 g/mol. The van der Waals surface area contributed by atoms with Crippen LogP contribution in [0.5, 0.6) is 0 Å². The zero-order chi connectivity index (χ0) is 14.7. The van der Waals surface area contributed by atoms with E-state index in [1.54, 1.807) is 0 Å². The Balaban J connectivity index is 1.62. The van der Waals surface area contributed by atoms with Crippen molar-refractivity contribution in [2.75, 3.05) is 20.3 Å². The monoisotopic (exact) mass is 286 g/mol. The molecule has 114 valence electrons. The van der Waals surface area contributed by atoms with Crippen LogP contribution in [0.1, 0.15) is 31.7 Å². The van der Waals surface area contributed by atoms with E-state index in [4.69, 9.17) is 4.74 Å². The van der Waals surface area contributed by atoms with E-state index in [0.29, 0.717) is 5.41 Å². The Labute approximate surface area is 127 Å². The highest BCUT2D eigenvalue weighted by Crippen LogP contribution is 2.40. The van der Waals surface area contributed by atoms with Gasteiger partial charge in [0.2, 0.25) is 0 Å². The molecule has 0 bridgehead atoms. The third-order valence-corrected chi connectivity index (χ3v) is 4.87. The summed E-state index contributed by atoms with van der Waals surface area (Å²) >= 11 is 0. The van der Waals surface area contributed by atoms with E-state index in [2.05, 4.69) is 47.3 Å². The number of fused-ring (bicyclic) bond motifs is 1. The zero-order valence-electron chi connectivity index (χ0n) is 13.2. The predicted molar refractivity (Wildman–Crippen MR) is 87.5 cm³/mol. The van der Waals surface area contributed by atoms with Crippen molar-refractivity contribution in [3.05, 3.63) is 36.0 Å². The number of benzene rings is 1. The number of nitrogens with one attached hydrogen (secondary N) is 1. The minimum absolute atomic E-state index is 0.391. The summed E-state index contributed by atoms with van der Waals surface area (Å²) < 4.78 is 7.69. The first-order chi connectivity index (χ1) is 10.3. The Kier molecular flexibility index (Phi) is 4.32. The summed E-state index contributed by atoms with van der Waals surface area (Å²) in [6.45, 7) is 6.11. The Morgan fingerprint density at radius 3 is 2.81 bits per heavy atom. The number of hydrogen-bond acceptors (Lipinski definition) is 2. The average Bonchev–Trinajstić information content (AvgIpc) is 2.87. The molecule has 1 aromatic carbocycles. The maximum Gasteiger partial charge on any atom is 0.0530 e. The van der Waals surface area contributed by atoms with Crippen molar-refractivity contribution in [1.82, 2.24) is 9.88 Å². The second-order valence-electron chi connectivity index (χ2n) is 6.39. The molecule has 0 amide bonds. The third-order valence-electron chi connectivity index (χ3n) is 4.87. The fourth-order valence-corrected chi connectivity index (χ4v) is 3.44. The van der Waals surface area contributed by atoms with Gasteiger partial charge in [-0.25, -0.2) is 0 Å². The van der Waals surface area contributed by atoms with E-state index < -0.39 is 0 Å². The first-order valence-electron chi connectivity index (χ1n) is 8.04. The molecule has 1 heterocycles. The van der Waals surface area contributed by atoms with E-state index in [0.717, 1.165) is 26.2 Å². The molecule has 0 unspecified atom stereocenters. The minimum atomic E-state index is 0.391. The van der Waals surface area contributed by atoms with Gasteiger partial charge in [0.1, 0.15) is 0 Å². The van der Waals surface area contributed by atoms with Crippen LogP contribution >= 0.6 is 0 Å². The first-order valence-corrected chi connectivity index (χ1v) is 8.04. The molecule has 1 aromatic heterocycles. The van der Waals surface area contributed by atoms with Crippen molar-refractivity contribution in [1.29, 1.82) is 0 Å². The van der Waals surface area contributed by atoms with E-state index in [1.165, 1.54) is 35.7 Å². The summed E-state index contributed by atoms with van der Waals surface area (Å²) in [4.78, 5) is 0. The fraction of sp³-hybridized carbons (Fsp3) is 0.556. The number of ether oxygens (including phenoxy) is 1. The highest BCUT2D eigenvalue weighted by atomic mass is 16.5. The lowest BCUT2D eigenvalue weighted by Gasteiger charge is -2.41. The second-order valence-corrected chi connectivity index (χ2v) is 6.39. The quantitative estimate of drug-likeness (QED) is 0.842. The Morgan fingerprint density at radius 1 is 1.29 bits per heavy atom. The van der Waals surface area contributed by atoms with Gasteiger partial charge in [0.05, 0.1) is 6.61 Å². The van der Waals surface area contributed by atoms with Gasteiger partial charge in [-0.1, -0.05) is 18.6 Å². The van der Waals surface area contributed by atoms with Crippen molar-refractivity contribution in [3.8, 4) is 0 Å². The van der Waals surface area contributed by atoms with Gasteiger partial charge in [-0.3, -0.25) is 0 Å². The van der Waals surface area contributed by atoms with Crippen LogP contribution in [-0.4, -0.2) is 24.8 Å². The van der Waals surface area contributed by atoms with Gasteiger partial charge in [0, 0.05) is 43.9 Å². The molecule has 1 N–H and O–H groups in total. The van der Waals surface area contributed by atoms with E-state index in [1.807, 2.05) is 7.11 Å². The highest BCUT2D eigenvalue weighted by Gasteiger charge is 2.36. The largest absolute Gasteiger partial charge is 0.384 e. The smallest absolute Gasteiger partial charge is 0.0530 e. The molecule has 3 rings (SSSR count). The summed E-state index contributed by atoms with van der Waals surface area (Å²) in [6, 6.07) is 8.97.